The topological polar surface area (TPSA) is 83.6 Å². The molecule has 0 aliphatic heterocycles. The monoisotopic (exact) mass is 377 g/mol. The Morgan fingerprint density at radius 3 is 2.70 bits per heavy atom. The van der Waals surface area contributed by atoms with E-state index in [0.717, 1.165) is 37.9 Å². The van der Waals surface area contributed by atoms with Crippen LogP contribution >= 0.6 is 11.3 Å². The van der Waals surface area contributed by atoms with Crippen molar-refractivity contribution >= 4 is 33.6 Å². The number of rotatable bonds is 4. The molecular formula is C20H19N5OS. The number of pyridine rings is 3. The van der Waals surface area contributed by atoms with Gasteiger partial charge in [-0.15, -0.1) is 11.3 Å². The molecule has 0 unspecified atom stereocenters. The molecule has 0 fully saturated rings. The minimum absolute atomic E-state index is 0.103. The number of anilines is 2. The predicted molar refractivity (Wildman–Crippen MR) is 110 cm³/mol. The maximum Gasteiger partial charge on any atom is 0.257 e. The molecule has 0 aromatic carbocycles. The Labute approximate surface area is 160 Å². The van der Waals surface area contributed by atoms with Crippen LogP contribution in [0.2, 0.25) is 0 Å². The number of nitrogens with zero attached hydrogens (tertiary/aromatic N) is 3. The van der Waals surface area contributed by atoms with Gasteiger partial charge in [-0.05, 0) is 31.0 Å². The molecule has 4 heterocycles. The molecule has 4 aromatic heterocycles. The first kappa shape index (κ1) is 17.4. The van der Waals surface area contributed by atoms with Crippen molar-refractivity contribution in [3.05, 3.63) is 64.0 Å². The standard InChI is InChI=1S/C20H19N5OS/c1-11(2)19-17(8-13(20(26)25-19)18-10-23-12(3)27-18)24-16-5-7-22-15-4-6-21-9-14(15)16/h4-11H,1-3H3,(H,22,24)(H,25,26). The van der Waals surface area contributed by atoms with E-state index in [1.54, 1.807) is 24.8 Å². The molecular weight excluding hydrogens is 358 g/mol. The van der Waals surface area contributed by atoms with Crippen LogP contribution in [0.4, 0.5) is 11.4 Å². The summed E-state index contributed by atoms with van der Waals surface area (Å²) in [5.41, 5.74) is 4.00. The Kier molecular flexibility index (Phi) is 4.45. The van der Waals surface area contributed by atoms with Gasteiger partial charge in [0, 0.05) is 35.9 Å². The number of aromatic amines is 1. The number of thiazole rings is 1. The summed E-state index contributed by atoms with van der Waals surface area (Å²) in [6.45, 7) is 6.04. The number of hydrogen-bond donors (Lipinski definition) is 2. The molecule has 0 saturated heterocycles. The zero-order chi connectivity index (χ0) is 19.0. The van der Waals surface area contributed by atoms with Gasteiger partial charge in [-0.25, -0.2) is 4.98 Å². The van der Waals surface area contributed by atoms with Crippen molar-refractivity contribution in [2.24, 2.45) is 0 Å². The van der Waals surface area contributed by atoms with Crippen LogP contribution in [0.5, 0.6) is 0 Å². The molecule has 2 N–H and O–H groups in total. The van der Waals surface area contributed by atoms with E-state index in [1.165, 1.54) is 11.3 Å². The Hall–Kier alpha value is -3.06. The van der Waals surface area contributed by atoms with Crippen molar-refractivity contribution in [1.29, 1.82) is 0 Å². The van der Waals surface area contributed by atoms with Crippen molar-refractivity contribution in [3.63, 3.8) is 0 Å². The van der Waals surface area contributed by atoms with Gasteiger partial charge in [0.25, 0.3) is 5.56 Å². The number of aromatic nitrogens is 4. The van der Waals surface area contributed by atoms with E-state index in [9.17, 15) is 4.79 Å². The lowest BCUT2D eigenvalue weighted by Gasteiger charge is -2.16. The third-order valence-electron chi connectivity index (χ3n) is 4.35. The average Bonchev–Trinajstić information content (AvgIpc) is 3.09. The fraction of sp³-hybridized carbons (Fsp3) is 0.200. The minimum atomic E-state index is -0.103. The lowest BCUT2D eigenvalue weighted by Crippen LogP contribution is -2.14. The van der Waals surface area contributed by atoms with E-state index < -0.39 is 0 Å². The van der Waals surface area contributed by atoms with Crippen molar-refractivity contribution in [2.75, 3.05) is 5.32 Å². The molecule has 0 amide bonds. The molecule has 0 saturated carbocycles. The number of nitrogens with one attached hydrogen (secondary N) is 2. The Balaban J connectivity index is 1.86. The van der Waals surface area contributed by atoms with E-state index in [4.69, 9.17) is 0 Å². The van der Waals surface area contributed by atoms with E-state index >= 15 is 0 Å². The Morgan fingerprint density at radius 1 is 1.11 bits per heavy atom. The van der Waals surface area contributed by atoms with Gasteiger partial charge in [0.2, 0.25) is 0 Å². The maximum atomic E-state index is 12.6. The van der Waals surface area contributed by atoms with Gasteiger partial charge >= 0.3 is 0 Å². The molecule has 6 nitrogen and oxygen atoms in total. The fourth-order valence-electron chi connectivity index (χ4n) is 3.02. The second-order valence-corrected chi connectivity index (χ2v) is 7.85. The predicted octanol–water partition coefficient (Wildman–Crippen LogP) is 4.62. The van der Waals surface area contributed by atoms with Crippen LogP contribution in [-0.2, 0) is 0 Å². The molecule has 136 valence electrons. The zero-order valence-corrected chi connectivity index (χ0v) is 16.1. The van der Waals surface area contributed by atoms with Gasteiger partial charge in [0.05, 0.1) is 32.3 Å². The molecule has 0 aliphatic rings. The molecule has 0 spiro atoms. The van der Waals surface area contributed by atoms with E-state index in [-0.39, 0.29) is 11.5 Å². The number of aryl methyl sites for hydroxylation is 1. The molecule has 7 heteroatoms. The van der Waals surface area contributed by atoms with Gasteiger partial charge in [0.15, 0.2) is 0 Å². The summed E-state index contributed by atoms with van der Waals surface area (Å²) >= 11 is 1.51. The summed E-state index contributed by atoms with van der Waals surface area (Å²) in [5, 5.41) is 5.33. The SMILES string of the molecule is Cc1ncc(-c2cc(Nc3ccnc4ccncc34)c(C(C)C)[nH]c2=O)s1. The van der Waals surface area contributed by atoms with Crippen molar-refractivity contribution < 1.29 is 0 Å². The second kappa shape index (κ2) is 6.92. The average molecular weight is 377 g/mol. The molecule has 4 aromatic rings. The van der Waals surface area contributed by atoms with Crippen LogP contribution < -0.4 is 10.9 Å². The number of fused-ring (bicyclic) bond motifs is 1. The number of hydrogen-bond acceptors (Lipinski definition) is 6. The summed E-state index contributed by atoms with van der Waals surface area (Å²) in [7, 11) is 0. The van der Waals surface area contributed by atoms with Crippen LogP contribution in [0.3, 0.4) is 0 Å². The zero-order valence-electron chi connectivity index (χ0n) is 15.3. The molecule has 4 rings (SSSR count). The summed E-state index contributed by atoms with van der Waals surface area (Å²) in [5.74, 6) is 0.156. The lowest BCUT2D eigenvalue weighted by atomic mass is 10.1. The highest BCUT2D eigenvalue weighted by molar-refractivity contribution is 7.15. The normalized spacial score (nSPS) is 11.3. The van der Waals surface area contributed by atoms with E-state index in [1.807, 2.05) is 25.1 Å². The van der Waals surface area contributed by atoms with Crippen LogP contribution in [0.1, 0.15) is 30.5 Å². The van der Waals surface area contributed by atoms with Gasteiger partial charge in [-0.2, -0.15) is 0 Å². The third-order valence-corrected chi connectivity index (χ3v) is 5.29. The molecule has 27 heavy (non-hydrogen) atoms. The molecule has 0 radical (unpaired) electrons. The lowest BCUT2D eigenvalue weighted by molar-refractivity contribution is 0.820. The highest BCUT2D eigenvalue weighted by Gasteiger charge is 2.15. The quantitative estimate of drug-likeness (QED) is 0.542. The summed E-state index contributed by atoms with van der Waals surface area (Å²) in [4.78, 5) is 29.4. The van der Waals surface area contributed by atoms with Gasteiger partial charge in [-0.3, -0.25) is 14.8 Å². The first-order valence-electron chi connectivity index (χ1n) is 8.68. The molecule has 0 bridgehead atoms. The van der Waals surface area contributed by atoms with Gasteiger partial charge in [0.1, 0.15) is 0 Å². The van der Waals surface area contributed by atoms with Crippen LogP contribution in [-0.4, -0.2) is 19.9 Å². The van der Waals surface area contributed by atoms with E-state index in [0.29, 0.717) is 5.56 Å². The minimum Gasteiger partial charge on any atom is -0.353 e. The summed E-state index contributed by atoms with van der Waals surface area (Å²) in [6, 6.07) is 5.70. The summed E-state index contributed by atoms with van der Waals surface area (Å²) < 4.78 is 0. The maximum absolute atomic E-state index is 12.6. The summed E-state index contributed by atoms with van der Waals surface area (Å²) in [6.07, 6.45) is 7.02. The molecule has 0 atom stereocenters. The van der Waals surface area contributed by atoms with Crippen LogP contribution in [0, 0.1) is 6.92 Å². The van der Waals surface area contributed by atoms with Crippen LogP contribution in [0.25, 0.3) is 21.3 Å². The Morgan fingerprint density at radius 2 is 1.96 bits per heavy atom. The van der Waals surface area contributed by atoms with Crippen molar-refractivity contribution in [3.8, 4) is 10.4 Å². The van der Waals surface area contributed by atoms with E-state index in [2.05, 4.69) is 39.1 Å². The number of H-pyrrole nitrogens is 1. The first-order valence-corrected chi connectivity index (χ1v) is 9.50. The van der Waals surface area contributed by atoms with Crippen LogP contribution in [0.15, 0.2) is 47.8 Å². The van der Waals surface area contributed by atoms with Crippen molar-refractivity contribution in [1.82, 2.24) is 19.9 Å². The Bertz CT molecular complexity index is 1170. The fourth-order valence-corrected chi connectivity index (χ4v) is 3.81. The first-order chi connectivity index (χ1) is 13.0. The highest BCUT2D eigenvalue weighted by Crippen LogP contribution is 2.32. The third kappa shape index (κ3) is 3.33. The van der Waals surface area contributed by atoms with Gasteiger partial charge < -0.3 is 10.3 Å². The van der Waals surface area contributed by atoms with Crippen molar-refractivity contribution in [2.45, 2.75) is 26.7 Å². The van der Waals surface area contributed by atoms with Gasteiger partial charge in [-0.1, -0.05) is 13.8 Å². The largest absolute Gasteiger partial charge is 0.353 e. The highest BCUT2D eigenvalue weighted by atomic mass is 32.1. The second-order valence-electron chi connectivity index (χ2n) is 6.61. The molecule has 0 aliphatic carbocycles. The smallest absolute Gasteiger partial charge is 0.257 e.